The largest absolute Gasteiger partial charge is 0.311 e. The molecule has 16 aromatic rings. The zero-order valence-electron chi connectivity index (χ0n) is 48.4. The smallest absolute Gasteiger partial charge is 0.252 e. The minimum absolute atomic E-state index is 0.0682. The van der Waals surface area contributed by atoms with Crippen LogP contribution in [0, 0.1) is 0 Å². The van der Waals surface area contributed by atoms with Gasteiger partial charge in [0, 0.05) is 83.6 Å². The van der Waals surface area contributed by atoms with Crippen molar-refractivity contribution in [2.24, 2.45) is 0 Å². The van der Waals surface area contributed by atoms with Crippen LogP contribution < -0.4 is 26.2 Å². The minimum atomic E-state index is 0.0682. The number of hydrogen-bond donors (Lipinski definition) is 0. The van der Waals surface area contributed by atoms with Gasteiger partial charge in [-0.25, -0.2) is 9.97 Å². The van der Waals surface area contributed by atoms with Gasteiger partial charge in [0.1, 0.15) is 0 Å². The normalized spacial score (nSPS) is 12.4. The molecular formula is C82H53BN6. The molecule has 0 N–H and O–H groups in total. The van der Waals surface area contributed by atoms with E-state index in [0.717, 1.165) is 89.6 Å². The van der Waals surface area contributed by atoms with Crippen molar-refractivity contribution >= 4 is 101 Å². The first-order valence-corrected chi connectivity index (χ1v) is 30.5. The molecular weight excluding hydrogens is 1080 g/mol. The molecule has 0 saturated carbocycles. The van der Waals surface area contributed by atoms with Crippen molar-refractivity contribution in [3.8, 4) is 67.5 Å². The van der Waals surface area contributed by atoms with Gasteiger partial charge in [0.25, 0.3) is 6.71 Å². The van der Waals surface area contributed by atoms with Gasteiger partial charge in [-0.1, -0.05) is 212 Å². The highest BCUT2D eigenvalue weighted by Crippen LogP contribution is 2.46. The Morgan fingerprint density at radius 2 is 0.708 bits per heavy atom. The standard InChI is InChI=1S/C82H53BN6/c1-5-23-56(24-6-1)70-52-71(57-25-7-2-8-26-57)85-82(84-70)59-47-48-74(89-73-38-18-14-34-64(73)67-51-66-63-33-13-17-37-72(63)86(79(66)53-80(67)89)60-28-9-3-10-29-60)65(50-59)55-45-43-54(44-46-55)58-27-21-32-62(49-58)88-76-40-20-16-36-69(76)83-68-35-15-19-39-75(68)87(61-30-11-4-12-31-61)77-41-22-42-78(88)81(77)83/h1-53H. The predicted octanol–water partition coefficient (Wildman–Crippen LogP) is 19.1. The van der Waals surface area contributed by atoms with Crippen LogP contribution in [-0.2, 0) is 0 Å². The lowest BCUT2D eigenvalue weighted by molar-refractivity contribution is 1.16. The molecule has 7 heteroatoms. The second-order valence-corrected chi connectivity index (χ2v) is 23.2. The predicted molar refractivity (Wildman–Crippen MR) is 372 cm³/mol. The summed E-state index contributed by atoms with van der Waals surface area (Å²) >= 11 is 0. The molecule has 0 radical (unpaired) electrons. The van der Waals surface area contributed by atoms with Crippen LogP contribution >= 0.6 is 0 Å². The van der Waals surface area contributed by atoms with Crippen LogP contribution in [0.3, 0.4) is 0 Å². The van der Waals surface area contributed by atoms with Gasteiger partial charge in [-0.05, 0) is 142 Å². The van der Waals surface area contributed by atoms with E-state index in [1.54, 1.807) is 0 Å². The van der Waals surface area contributed by atoms with Crippen molar-refractivity contribution in [2.45, 2.75) is 0 Å². The third-order valence-corrected chi connectivity index (χ3v) is 18.3. The van der Waals surface area contributed by atoms with Crippen LogP contribution in [0.4, 0.5) is 34.1 Å². The fraction of sp³-hybridized carbons (Fsp3) is 0. The van der Waals surface area contributed by atoms with E-state index >= 15 is 0 Å². The molecule has 414 valence electrons. The quantitative estimate of drug-likeness (QED) is 0.135. The van der Waals surface area contributed by atoms with E-state index in [1.165, 1.54) is 66.2 Å². The molecule has 2 aliphatic heterocycles. The Balaban J connectivity index is 0.810. The van der Waals surface area contributed by atoms with Crippen LogP contribution in [0.15, 0.2) is 322 Å². The topological polar surface area (TPSA) is 42.1 Å². The molecule has 18 rings (SSSR count). The van der Waals surface area contributed by atoms with E-state index in [9.17, 15) is 0 Å². The summed E-state index contributed by atoms with van der Waals surface area (Å²) in [7, 11) is 0. The average Bonchev–Trinajstić information content (AvgIpc) is 0.935. The highest BCUT2D eigenvalue weighted by Gasteiger charge is 2.43. The molecule has 13 aromatic carbocycles. The van der Waals surface area contributed by atoms with Gasteiger partial charge >= 0.3 is 0 Å². The molecule has 0 unspecified atom stereocenters. The second-order valence-electron chi connectivity index (χ2n) is 23.2. The van der Waals surface area contributed by atoms with E-state index in [2.05, 4.69) is 328 Å². The lowest BCUT2D eigenvalue weighted by Crippen LogP contribution is -2.61. The number of para-hydroxylation sites is 6. The SMILES string of the molecule is c1ccc(-c2cc(-c3ccccc3)nc(-c3ccc(-n4c5ccccc5c5cc6c7ccccc7n(-c7ccccc7)c6cc54)c(-c4ccc(-c5cccc(N6c7ccccc7B7c8ccccc8N(c8ccccc8)c8cccc6c87)c5)cc4)c3)n2)cc1. The van der Waals surface area contributed by atoms with E-state index < -0.39 is 0 Å². The molecule has 0 fully saturated rings. The van der Waals surface area contributed by atoms with Gasteiger partial charge in [0.15, 0.2) is 5.82 Å². The van der Waals surface area contributed by atoms with Crippen molar-refractivity contribution in [3.63, 3.8) is 0 Å². The zero-order valence-corrected chi connectivity index (χ0v) is 48.4. The summed E-state index contributed by atoms with van der Waals surface area (Å²) in [5.41, 5.74) is 26.8. The molecule has 0 saturated heterocycles. The van der Waals surface area contributed by atoms with Gasteiger partial charge in [0.2, 0.25) is 0 Å². The Morgan fingerprint density at radius 1 is 0.247 bits per heavy atom. The number of anilines is 6. The molecule has 0 amide bonds. The molecule has 0 aliphatic carbocycles. The first-order valence-electron chi connectivity index (χ1n) is 30.5. The number of fused-ring (bicyclic) bond motifs is 10. The molecule has 89 heavy (non-hydrogen) atoms. The summed E-state index contributed by atoms with van der Waals surface area (Å²) in [6, 6.07) is 117. The Hall–Kier alpha value is -11.8. The maximum absolute atomic E-state index is 5.37. The Kier molecular flexibility index (Phi) is 11.6. The van der Waals surface area contributed by atoms with Gasteiger partial charge in [0.05, 0.1) is 39.1 Å². The zero-order chi connectivity index (χ0) is 58.5. The Bertz CT molecular complexity index is 5390. The van der Waals surface area contributed by atoms with Crippen molar-refractivity contribution in [2.75, 3.05) is 9.80 Å². The molecule has 0 bridgehead atoms. The summed E-state index contributed by atoms with van der Waals surface area (Å²) < 4.78 is 4.89. The van der Waals surface area contributed by atoms with Crippen molar-refractivity contribution < 1.29 is 0 Å². The monoisotopic (exact) mass is 1130 g/mol. The van der Waals surface area contributed by atoms with Crippen molar-refractivity contribution in [3.05, 3.63) is 322 Å². The molecule has 5 heterocycles. The molecule has 3 aromatic heterocycles. The third-order valence-electron chi connectivity index (χ3n) is 18.3. The average molecular weight is 1130 g/mol. The maximum atomic E-state index is 5.37. The molecule has 6 nitrogen and oxygen atoms in total. The van der Waals surface area contributed by atoms with Crippen LogP contribution in [0.25, 0.3) is 111 Å². The van der Waals surface area contributed by atoms with Gasteiger partial charge in [-0.2, -0.15) is 0 Å². The number of aromatic nitrogens is 4. The third kappa shape index (κ3) is 8.13. The van der Waals surface area contributed by atoms with E-state index in [0.29, 0.717) is 5.82 Å². The number of nitrogens with zero attached hydrogens (tertiary/aromatic N) is 6. The lowest BCUT2D eigenvalue weighted by Gasteiger charge is -2.44. The molecule has 0 atom stereocenters. The minimum Gasteiger partial charge on any atom is -0.311 e. The van der Waals surface area contributed by atoms with Crippen LogP contribution in [0.5, 0.6) is 0 Å². The first-order chi connectivity index (χ1) is 44.2. The van der Waals surface area contributed by atoms with E-state index in [1.807, 2.05) is 12.1 Å². The Morgan fingerprint density at radius 3 is 1.34 bits per heavy atom. The van der Waals surface area contributed by atoms with Crippen LogP contribution in [0.2, 0.25) is 0 Å². The second kappa shape index (κ2) is 20.4. The van der Waals surface area contributed by atoms with Crippen LogP contribution in [-0.4, -0.2) is 25.8 Å². The van der Waals surface area contributed by atoms with Gasteiger partial charge in [-0.3, -0.25) is 0 Å². The van der Waals surface area contributed by atoms with Crippen molar-refractivity contribution in [1.29, 1.82) is 0 Å². The summed E-state index contributed by atoms with van der Waals surface area (Å²) in [5, 5.41) is 4.83. The number of benzene rings is 13. The fourth-order valence-electron chi connectivity index (χ4n) is 14.4. The van der Waals surface area contributed by atoms with Crippen LogP contribution in [0.1, 0.15) is 0 Å². The van der Waals surface area contributed by atoms with Crippen molar-refractivity contribution in [1.82, 2.24) is 19.1 Å². The molecule has 2 aliphatic rings. The summed E-state index contributed by atoms with van der Waals surface area (Å²) in [4.78, 5) is 15.7. The lowest BCUT2D eigenvalue weighted by atomic mass is 9.33. The molecule has 0 spiro atoms. The highest BCUT2D eigenvalue weighted by molar-refractivity contribution is 7.00. The summed E-state index contributed by atoms with van der Waals surface area (Å²) in [5.74, 6) is 0.657. The summed E-state index contributed by atoms with van der Waals surface area (Å²) in [6.07, 6.45) is 0. The number of hydrogen-bond acceptors (Lipinski definition) is 4. The fourth-order valence-corrected chi connectivity index (χ4v) is 14.4. The van der Waals surface area contributed by atoms with Gasteiger partial charge < -0.3 is 18.9 Å². The maximum Gasteiger partial charge on any atom is 0.252 e. The Labute approximate surface area is 515 Å². The highest BCUT2D eigenvalue weighted by atomic mass is 15.2. The van der Waals surface area contributed by atoms with E-state index in [4.69, 9.17) is 9.97 Å². The summed E-state index contributed by atoms with van der Waals surface area (Å²) in [6.45, 7) is 0.0682. The first kappa shape index (κ1) is 50.5. The van der Waals surface area contributed by atoms with E-state index in [-0.39, 0.29) is 6.71 Å². The van der Waals surface area contributed by atoms with Gasteiger partial charge in [-0.15, -0.1) is 0 Å². The number of rotatable bonds is 9.